The van der Waals surface area contributed by atoms with Crippen LogP contribution < -0.4 is 5.73 Å². The molecule has 0 atom stereocenters. The Morgan fingerprint density at radius 3 is 2.50 bits per heavy atom. The molecule has 1 rings (SSSR count). The molecule has 0 amide bonds. The second-order valence-electron chi connectivity index (χ2n) is 2.45. The molecule has 0 aliphatic heterocycles. The molecule has 7 heteroatoms. The molecule has 4 nitrogen and oxygen atoms in total. The predicted molar refractivity (Wildman–Crippen MR) is 45.9 cm³/mol. The Bertz CT molecular complexity index is 398. The molecular formula is C7H5ClF2N2O2. The maximum atomic E-state index is 13.1. The molecule has 0 aliphatic carbocycles. The monoisotopic (exact) mass is 222 g/mol. The zero-order valence-corrected chi connectivity index (χ0v) is 7.52. The summed E-state index contributed by atoms with van der Waals surface area (Å²) >= 11 is 5.31. The molecule has 0 spiro atoms. The number of hydrogen-bond acceptors (Lipinski definition) is 3. The Kier molecular flexibility index (Phi) is 2.97. The van der Waals surface area contributed by atoms with Gasteiger partial charge in [-0.3, -0.25) is 10.1 Å². The van der Waals surface area contributed by atoms with E-state index in [-0.39, 0.29) is 0 Å². The first-order valence-corrected chi connectivity index (χ1v) is 3.87. The molecule has 0 unspecified atom stereocenters. The zero-order valence-electron chi connectivity index (χ0n) is 6.76. The number of nitro benzene ring substituents is 1. The van der Waals surface area contributed by atoms with Crippen LogP contribution in [0.1, 0.15) is 5.56 Å². The SMILES string of the molecule is NCc1c(F)c(Cl)cc([N+](=O)[O-])c1F. The van der Waals surface area contributed by atoms with E-state index < -0.39 is 39.4 Å². The maximum Gasteiger partial charge on any atom is 0.306 e. The summed E-state index contributed by atoms with van der Waals surface area (Å²) in [4.78, 5) is 9.31. The Balaban J connectivity index is 3.50. The Labute approximate surface area is 82.4 Å². The molecule has 0 aromatic heterocycles. The molecule has 0 fully saturated rings. The molecule has 0 radical (unpaired) electrons. The molecule has 1 aromatic rings. The number of nitrogens with two attached hydrogens (primary N) is 1. The third-order valence-electron chi connectivity index (χ3n) is 1.63. The Morgan fingerprint density at radius 2 is 2.07 bits per heavy atom. The maximum absolute atomic E-state index is 13.1. The summed E-state index contributed by atoms with van der Waals surface area (Å²) < 4.78 is 26.2. The minimum absolute atomic E-state index is 0.487. The summed E-state index contributed by atoms with van der Waals surface area (Å²) in [6.45, 7) is -0.487. The molecule has 2 N–H and O–H groups in total. The van der Waals surface area contributed by atoms with Crippen molar-refractivity contribution in [3.8, 4) is 0 Å². The second kappa shape index (κ2) is 3.85. The van der Waals surface area contributed by atoms with E-state index in [0.29, 0.717) is 6.07 Å². The summed E-state index contributed by atoms with van der Waals surface area (Å²) in [5, 5.41) is 9.78. The fraction of sp³-hybridized carbons (Fsp3) is 0.143. The lowest BCUT2D eigenvalue weighted by Gasteiger charge is -2.03. The standard InChI is InChI=1S/C7H5ClF2N2O2/c8-4-1-5(12(13)14)7(10)3(2-11)6(4)9/h1H,2,11H2. The van der Waals surface area contributed by atoms with Crippen molar-refractivity contribution in [3.63, 3.8) is 0 Å². The number of hydrogen-bond donors (Lipinski definition) is 1. The first-order chi connectivity index (χ1) is 6.49. The number of nitro groups is 1. The third kappa shape index (κ3) is 1.66. The van der Waals surface area contributed by atoms with Crippen molar-refractivity contribution in [3.05, 3.63) is 38.4 Å². The molecule has 14 heavy (non-hydrogen) atoms. The first-order valence-electron chi connectivity index (χ1n) is 3.49. The molecule has 1 aromatic carbocycles. The van der Waals surface area contributed by atoms with Gasteiger partial charge in [0, 0.05) is 18.2 Å². The molecule has 0 saturated heterocycles. The summed E-state index contributed by atoms with van der Waals surface area (Å²) in [6, 6.07) is 0.616. The summed E-state index contributed by atoms with van der Waals surface area (Å²) in [5.41, 5.74) is 3.57. The fourth-order valence-corrected chi connectivity index (χ4v) is 1.17. The highest BCUT2D eigenvalue weighted by Crippen LogP contribution is 2.28. The highest BCUT2D eigenvalue weighted by atomic mass is 35.5. The van der Waals surface area contributed by atoms with E-state index in [9.17, 15) is 18.9 Å². The summed E-state index contributed by atoms with van der Waals surface area (Å²) in [6.07, 6.45) is 0. The van der Waals surface area contributed by atoms with E-state index in [1.807, 2.05) is 0 Å². The number of benzene rings is 1. The minimum Gasteiger partial charge on any atom is -0.326 e. The van der Waals surface area contributed by atoms with Crippen molar-refractivity contribution in [1.29, 1.82) is 0 Å². The number of nitrogens with zero attached hydrogens (tertiary/aromatic N) is 1. The molecule has 0 bridgehead atoms. The van der Waals surface area contributed by atoms with Crippen molar-refractivity contribution in [2.75, 3.05) is 0 Å². The van der Waals surface area contributed by atoms with Gasteiger partial charge in [0.1, 0.15) is 5.82 Å². The minimum atomic E-state index is -1.28. The third-order valence-corrected chi connectivity index (χ3v) is 1.90. The van der Waals surface area contributed by atoms with Crippen LogP contribution in [0.4, 0.5) is 14.5 Å². The van der Waals surface area contributed by atoms with E-state index >= 15 is 0 Å². The van der Waals surface area contributed by atoms with E-state index in [0.717, 1.165) is 0 Å². The van der Waals surface area contributed by atoms with E-state index in [2.05, 4.69) is 0 Å². The van der Waals surface area contributed by atoms with Gasteiger partial charge in [-0.2, -0.15) is 4.39 Å². The van der Waals surface area contributed by atoms with Gasteiger partial charge in [-0.15, -0.1) is 0 Å². The lowest BCUT2D eigenvalue weighted by Crippen LogP contribution is -2.06. The van der Waals surface area contributed by atoms with Crippen molar-refractivity contribution >= 4 is 17.3 Å². The van der Waals surface area contributed by atoms with Gasteiger partial charge in [0.25, 0.3) is 0 Å². The van der Waals surface area contributed by atoms with Crippen molar-refractivity contribution in [1.82, 2.24) is 0 Å². The largest absolute Gasteiger partial charge is 0.326 e. The second-order valence-corrected chi connectivity index (χ2v) is 2.85. The average Bonchev–Trinajstić information content (AvgIpc) is 2.12. The van der Waals surface area contributed by atoms with Crippen LogP contribution in [-0.2, 0) is 6.54 Å². The molecule has 0 aliphatic rings. The summed E-state index contributed by atoms with van der Waals surface area (Å²) in [5.74, 6) is -2.34. The van der Waals surface area contributed by atoms with Crippen LogP contribution in [0.3, 0.4) is 0 Å². The van der Waals surface area contributed by atoms with Crippen LogP contribution in [0.2, 0.25) is 5.02 Å². The van der Waals surface area contributed by atoms with Crippen molar-refractivity contribution < 1.29 is 13.7 Å². The molecule has 0 saturated carbocycles. The molecule has 0 heterocycles. The number of rotatable bonds is 2. The topological polar surface area (TPSA) is 69.2 Å². The van der Waals surface area contributed by atoms with E-state index in [4.69, 9.17) is 17.3 Å². The lowest BCUT2D eigenvalue weighted by atomic mass is 10.1. The molecular weight excluding hydrogens is 218 g/mol. The van der Waals surface area contributed by atoms with Gasteiger partial charge in [-0.25, -0.2) is 4.39 Å². The van der Waals surface area contributed by atoms with Gasteiger partial charge in [0.2, 0.25) is 5.82 Å². The van der Waals surface area contributed by atoms with Crippen LogP contribution >= 0.6 is 11.6 Å². The average molecular weight is 223 g/mol. The fourth-order valence-electron chi connectivity index (χ4n) is 0.954. The Morgan fingerprint density at radius 1 is 1.50 bits per heavy atom. The quantitative estimate of drug-likeness (QED) is 0.473. The van der Waals surface area contributed by atoms with Gasteiger partial charge < -0.3 is 5.73 Å². The van der Waals surface area contributed by atoms with Gasteiger partial charge in [0.15, 0.2) is 0 Å². The van der Waals surface area contributed by atoms with Gasteiger partial charge in [-0.05, 0) is 0 Å². The number of halogens is 3. The zero-order chi connectivity index (χ0) is 10.9. The highest BCUT2D eigenvalue weighted by molar-refractivity contribution is 6.31. The Hall–Kier alpha value is -1.27. The van der Waals surface area contributed by atoms with Crippen LogP contribution in [0, 0.1) is 21.7 Å². The summed E-state index contributed by atoms with van der Waals surface area (Å²) in [7, 11) is 0. The van der Waals surface area contributed by atoms with Crippen LogP contribution in [0.25, 0.3) is 0 Å². The van der Waals surface area contributed by atoms with E-state index in [1.54, 1.807) is 0 Å². The molecule has 76 valence electrons. The smallest absolute Gasteiger partial charge is 0.306 e. The first kappa shape index (κ1) is 10.8. The van der Waals surface area contributed by atoms with E-state index in [1.165, 1.54) is 0 Å². The van der Waals surface area contributed by atoms with Crippen LogP contribution in [-0.4, -0.2) is 4.92 Å². The normalized spacial score (nSPS) is 10.3. The van der Waals surface area contributed by atoms with Gasteiger partial charge >= 0.3 is 5.69 Å². The predicted octanol–water partition coefficient (Wildman–Crippen LogP) is 1.99. The lowest BCUT2D eigenvalue weighted by molar-refractivity contribution is -0.387. The van der Waals surface area contributed by atoms with Crippen molar-refractivity contribution in [2.24, 2.45) is 5.73 Å². The van der Waals surface area contributed by atoms with Gasteiger partial charge in [0.05, 0.1) is 9.95 Å². The highest BCUT2D eigenvalue weighted by Gasteiger charge is 2.23. The van der Waals surface area contributed by atoms with Gasteiger partial charge in [-0.1, -0.05) is 11.6 Å². The van der Waals surface area contributed by atoms with Crippen LogP contribution in [0.15, 0.2) is 6.07 Å². The van der Waals surface area contributed by atoms with Crippen LogP contribution in [0.5, 0.6) is 0 Å². The van der Waals surface area contributed by atoms with Crippen molar-refractivity contribution in [2.45, 2.75) is 6.54 Å².